The Morgan fingerprint density at radius 1 is 1.16 bits per heavy atom. The van der Waals surface area contributed by atoms with Gasteiger partial charge in [-0.3, -0.25) is 4.79 Å². The quantitative estimate of drug-likeness (QED) is 0.401. The van der Waals surface area contributed by atoms with Gasteiger partial charge in [0.1, 0.15) is 11.4 Å². The van der Waals surface area contributed by atoms with E-state index in [1.54, 1.807) is 38.0 Å². The van der Waals surface area contributed by atoms with Crippen LogP contribution in [-0.4, -0.2) is 61.3 Å². The molecule has 2 aliphatic rings. The van der Waals surface area contributed by atoms with Crippen molar-refractivity contribution < 1.29 is 13.2 Å². The van der Waals surface area contributed by atoms with Crippen molar-refractivity contribution >= 4 is 33.5 Å². The summed E-state index contributed by atoms with van der Waals surface area (Å²) >= 11 is 0. The minimum Gasteiger partial charge on any atom is -0.306 e. The van der Waals surface area contributed by atoms with Crippen molar-refractivity contribution in [1.29, 1.82) is 0 Å². The topological polar surface area (TPSA) is 114 Å². The summed E-state index contributed by atoms with van der Waals surface area (Å²) < 4.78 is 30.6. The fourth-order valence-corrected chi connectivity index (χ4v) is 6.72. The van der Waals surface area contributed by atoms with Crippen LogP contribution in [-0.2, 0) is 10.0 Å². The number of rotatable bonds is 7. The van der Waals surface area contributed by atoms with Crippen LogP contribution in [0, 0.1) is 0 Å². The number of benzene rings is 1. The number of nitrogens with one attached hydrogen (secondary N) is 1. The Bertz CT molecular complexity index is 1590. The highest BCUT2D eigenvalue weighted by molar-refractivity contribution is 7.90. The number of anilines is 1. The lowest BCUT2D eigenvalue weighted by molar-refractivity contribution is 0.102. The molecule has 190 valence electrons. The Morgan fingerprint density at radius 2 is 1.97 bits per heavy atom. The number of carbonyl (C=O) groups is 1. The van der Waals surface area contributed by atoms with Crippen LogP contribution in [0.1, 0.15) is 53.2 Å². The second kappa shape index (κ2) is 9.24. The van der Waals surface area contributed by atoms with E-state index in [0.717, 1.165) is 42.6 Å². The maximum atomic E-state index is 13.3. The van der Waals surface area contributed by atoms with Gasteiger partial charge >= 0.3 is 0 Å². The van der Waals surface area contributed by atoms with Crippen molar-refractivity contribution in [3.63, 3.8) is 0 Å². The largest absolute Gasteiger partial charge is 0.306 e. The van der Waals surface area contributed by atoms with Gasteiger partial charge in [-0.25, -0.2) is 26.9 Å². The van der Waals surface area contributed by atoms with E-state index in [0.29, 0.717) is 30.1 Å². The van der Waals surface area contributed by atoms with Gasteiger partial charge in [0.2, 0.25) is 10.0 Å². The molecule has 1 aliphatic heterocycles. The fraction of sp³-hybridized carbons (Fsp3) is 0.308. The lowest BCUT2D eigenvalue weighted by Crippen LogP contribution is -2.40. The van der Waals surface area contributed by atoms with Crippen LogP contribution >= 0.6 is 0 Å². The molecule has 1 aromatic carbocycles. The molecule has 11 heteroatoms. The molecular formula is C26H27N7O3S. The summed E-state index contributed by atoms with van der Waals surface area (Å²) in [6, 6.07) is 11.3. The van der Waals surface area contributed by atoms with Crippen molar-refractivity contribution in [2.24, 2.45) is 0 Å². The molecule has 2 fully saturated rings. The number of hydrogen-bond donors (Lipinski definition) is 1. The Balaban J connectivity index is 1.34. The average molecular weight is 518 g/mol. The number of aromatic nitrogens is 5. The Morgan fingerprint density at radius 3 is 2.73 bits per heavy atom. The molecule has 1 unspecified atom stereocenters. The minimum absolute atomic E-state index is 0.0646. The second-order valence-corrected chi connectivity index (χ2v) is 11.7. The Hall–Kier alpha value is -3.83. The maximum Gasteiger partial charge on any atom is 0.262 e. The average Bonchev–Trinajstić information content (AvgIpc) is 3.58. The highest BCUT2D eigenvalue weighted by atomic mass is 32.2. The number of sulfonamides is 1. The summed E-state index contributed by atoms with van der Waals surface area (Å²) in [5.41, 5.74) is 3.28. The zero-order valence-corrected chi connectivity index (χ0v) is 21.0. The van der Waals surface area contributed by atoms with Crippen molar-refractivity contribution in [3.8, 4) is 5.69 Å². The molecule has 3 aromatic heterocycles. The van der Waals surface area contributed by atoms with Gasteiger partial charge in [0, 0.05) is 37.5 Å². The number of amides is 1. The lowest BCUT2D eigenvalue weighted by atomic mass is 9.96. The smallest absolute Gasteiger partial charge is 0.262 e. The SMILES string of the molecule is C=Cc1ccc(-n2nc(C3CCCN(S(=O)(=O)C4CC4)C3)cc2NC(=O)c2cnn3cccnc23)cc1. The highest BCUT2D eigenvalue weighted by Crippen LogP contribution is 2.36. The molecular weight excluding hydrogens is 490 g/mol. The molecule has 1 amide bonds. The third-order valence-electron chi connectivity index (χ3n) is 6.98. The lowest BCUT2D eigenvalue weighted by Gasteiger charge is -2.31. The Kier molecular flexibility index (Phi) is 5.88. The van der Waals surface area contributed by atoms with Crippen molar-refractivity contribution in [1.82, 2.24) is 28.7 Å². The molecule has 0 spiro atoms. The molecule has 0 bridgehead atoms. The van der Waals surface area contributed by atoms with Crippen molar-refractivity contribution in [3.05, 3.63) is 78.4 Å². The first kappa shape index (κ1) is 23.6. The van der Waals surface area contributed by atoms with Crippen LogP contribution in [0.5, 0.6) is 0 Å². The van der Waals surface area contributed by atoms with Gasteiger partial charge in [-0.05, 0) is 49.4 Å². The number of hydrogen-bond acceptors (Lipinski definition) is 6. The first-order valence-corrected chi connectivity index (χ1v) is 13.9. The zero-order valence-electron chi connectivity index (χ0n) is 20.2. The van der Waals surface area contributed by atoms with Gasteiger partial charge < -0.3 is 5.32 Å². The van der Waals surface area contributed by atoms with E-state index in [1.807, 2.05) is 30.3 Å². The fourth-order valence-electron chi connectivity index (χ4n) is 4.80. The Labute approximate surface area is 214 Å². The van der Waals surface area contributed by atoms with Crippen LogP contribution in [0.25, 0.3) is 17.4 Å². The van der Waals surface area contributed by atoms with Gasteiger partial charge in [-0.1, -0.05) is 24.8 Å². The van der Waals surface area contributed by atoms with Crippen LogP contribution in [0.4, 0.5) is 5.82 Å². The molecule has 4 heterocycles. The molecule has 1 saturated carbocycles. The first-order chi connectivity index (χ1) is 17.9. The van der Waals surface area contributed by atoms with Gasteiger partial charge in [0.25, 0.3) is 5.91 Å². The van der Waals surface area contributed by atoms with E-state index in [4.69, 9.17) is 5.10 Å². The summed E-state index contributed by atoms with van der Waals surface area (Å²) in [6.45, 7) is 4.75. The molecule has 4 aromatic rings. The van der Waals surface area contributed by atoms with E-state index in [1.165, 1.54) is 6.20 Å². The molecule has 1 N–H and O–H groups in total. The van der Waals surface area contributed by atoms with Crippen molar-refractivity contribution in [2.45, 2.75) is 36.9 Å². The summed E-state index contributed by atoms with van der Waals surface area (Å²) in [6.07, 6.45) is 9.67. The minimum atomic E-state index is -3.26. The van der Waals surface area contributed by atoms with Gasteiger partial charge in [-0.15, -0.1) is 0 Å². The van der Waals surface area contributed by atoms with Crippen LogP contribution < -0.4 is 5.32 Å². The van der Waals surface area contributed by atoms with Gasteiger partial charge in [0.15, 0.2) is 5.65 Å². The second-order valence-electron chi connectivity index (χ2n) is 9.50. The van der Waals surface area contributed by atoms with E-state index in [9.17, 15) is 13.2 Å². The number of nitrogens with zero attached hydrogens (tertiary/aromatic N) is 6. The summed E-state index contributed by atoms with van der Waals surface area (Å²) in [5.74, 6) is 0.0692. The van der Waals surface area contributed by atoms with Crippen LogP contribution in [0.2, 0.25) is 0 Å². The van der Waals surface area contributed by atoms with E-state index in [2.05, 4.69) is 22.0 Å². The van der Waals surface area contributed by atoms with E-state index < -0.39 is 10.0 Å². The molecule has 1 atom stereocenters. The molecule has 37 heavy (non-hydrogen) atoms. The molecule has 1 aliphatic carbocycles. The van der Waals surface area contributed by atoms with Crippen LogP contribution in [0.3, 0.4) is 0 Å². The third kappa shape index (κ3) is 4.44. The summed E-state index contributed by atoms with van der Waals surface area (Å²) in [7, 11) is -3.26. The third-order valence-corrected chi connectivity index (χ3v) is 9.34. The summed E-state index contributed by atoms with van der Waals surface area (Å²) in [5, 5.41) is 11.8. The number of carbonyl (C=O) groups excluding carboxylic acids is 1. The van der Waals surface area contributed by atoms with E-state index >= 15 is 0 Å². The van der Waals surface area contributed by atoms with Crippen LogP contribution in [0.15, 0.2) is 61.6 Å². The van der Waals surface area contributed by atoms with Gasteiger partial charge in [-0.2, -0.15) is 10.2 Å². The number of fused-ring (bicyclic) bond motifs is 1. The molecule has 6 rings (SSSR count). The monoisotopic (exact) mass is 517 g/mol. The van der Waals surface area contributed by atoms with Crippen molar-refractivity contribution in [2.75, 3.05) is 18.4 Å². The first-order valence-electron chi connectivity index (χ1n) is 12.4. The standard InChI is InChI=1S/C26H27N7O3S/c1-2-18-6-8-20(9-7-18)33-24(29-26(34)22-16-28-32-14-4-12-27-25(22)32)15-23(30-33)19-5-3-13-31(17-19)37(35,36)21-10-11-21/h2,4,6-9,12,14-16,19,21H,1,3,5,10-11,13,17H2,(H,29,34). The summed E-state index contributed by atoms with van der Waals surface area (Å²) in [4.78, 5) is 17.6. The molecule has 0 radical (unpaired) electrons. The maximum absolute atomic E-state index is 13.3. The zero-order chi connectivity index (χ0) is 25.6. The normalized spacial score (nSPS) is 18.6. The van der Waals surface area contributed by atoms with Gasteiger partial charge in [0.05, 0.1) is 22.8 Å². The molecule has 1 saturated heterocycles. The predicted octanol–water partition coefficient (Wildman–Crippen LogP) is 3.48. The van der Waals surface area contributed by atoms with E-state index in [-0.39, 0.29) is 17.1 Å². The highest BCUT2D eigenvalue weighted by Gasteiger charge is 2.42. The number of piperidine rings is 1. The predicted molar refractivity (Wildman–Crippen MR) is 140 cm³/mol. The molecule has 10 nitrogen and oxygen atoms in total.